The van der Waals surface area contributed by atoms with Gasteiger partial charge in [-0.1, -0.05) is 37.3 Å². The lowest BCUT2D eigenvalue weighted by Gasteiger charge is -2.23. The molecular formula is C16H16ClN3O. The quantitative estimate of drug-likeness (QED) is 0.838. The number of rotatable bonds is 2. The molecule has 1 aromatic rings. The Labute approximate surface area is 129 Å². The number of anilines is 1. The molecule has 1 saturated carbocycles. The number of hydrogen-bond donors (Lipinski definition) is 1. The minimum absolute atomic E-state index is 0.316. The zero-order valence-electron chi connectivity index (χ0n) is 11.7. The summed E-state index contributed by atoms with van der Waals surface area (Å²) >= 11 is 6.05. The molecule has 0 unspecified atom stereocenters. The molecule has 1 N–H and O–H groups in total. The largest absolute Gasteiger partial charge is 0.323 e. The van der Waals surface area contributed by atoms with E-state index in [4.69, 9.17) is 16.9 Å². The number of carbonyl (C=O) groups excluding carboxylic acids is 1. The number of benzene rings is 1. The van der Waals surface area contributed by atoms with E-state index in [1.165, 1.54) is 6.07 Å². The van der Waals surface area contributed by atoms with Crippen molar-refractivity contribution in [1.82, 2.24) is 0 Å². The molecule has 0 spiro atoms. The summed E-state index contributed by atoms with van der Waals surface area (Å²) in [6.07, 6.45) is 5.03. The second kappa shape index (κ2) is 6.61. The molecule has 1 fully saturated rings. The zero-order chi connectivity index (χ0) is 15.3. The van der Waals surface area contributed by atoms with Crippen LogP contribution in [0.2, 0.25) is 5.02 Å². The van der Waals surface area contributed by atoms with Gasteiger partial charge < -0.3 is 5.32 Å². The number of carbonyl (C=O) groups is 1. The van der Waals surface area contributed by atoms with Crippen LogP contribution in [0.1, 0.15) is 44.1 Å². The molecule has 0 heterocycles. The van der Waals surface area contributed by atoms with Crippen molar-refractivity contribution in [2.75, 3.05) is 5.32 Å². The van der Waals surface area contributed by atoms with Crippen molar-refractivity contribution in [1.29, 1.82) is 10.5 Å². The van der Waals surface area contributed by atoms with Crippen LogP contribution in [0.4, 0.5) is 5.69 Å². The molecule has 0 aromatic heterocycles. The van der Waals surface area contributed by atoms with Gasteiger partial charge in [-0.05, 0) is 31.0 Å². The highest BCUT2D eigenvalue weighted by molar-refractivity contribution is 6.33. The van der Waals surface area contributed by atoms with Gasteiger partial charge in [0.2, 0.25) is 5.91 Å². The molecular weight excluding hydrogens is 286 g/mol. The number of halogens is 1. The van der Waals surface area contributed by atoms with E-state index in [9.17, 15) is 10.1 Å². The molecule has 0 saturated heterocycles. The van der Waals surface area contributed by atoms with Gasteiger partial charge in [0.1, 0.15) is 5.41 Å². The highest BCUT2D eigenvalue weighted by atomic mass is 35.5. The lowest BCUT2D eigenvalue weighted by molar-refractivity contribution is -0.123. The SMILES string of the molecule is N#Cc1ccc(Cl)c(NC(=O)C2(C#N)CCCCCC2)c1. The van der Waals surface area contributed by atoms with E-state index >= 15 is 0 Å². The van der Waals surface area contributed by atoms with E-state index < -0.39 is 5.41 Å². The van der Waals surface area contributed by atoms with Crippen LogP contribution in [0.25, 0.3) is 0 Å². The van der Waals surface area contributed by atoms with Gasteiger partial charge in [-0.2, -0.15) is 10.5 Å². The van der Waals surface area contributed by atoms with E-state index in [0.29, 0.717) is 29.1 Å². The zero-order valence-corrected chi connectivity index (χ0v) is 12.4. The molecule has 1 aliphatic carbocycles. The lowest BCUT2D eigenvalue weighted by Crippen LogP contribution is -2.34. The fourth-order valence-electron chi connectivity index (χ4n) is 2.65. The second-order valence-corrected chi connectivity index (χ2v) is 5.78. The van der Waals surface area contributed by atoms with Crippen molar-refractivity contribution in [2.45, 2.75) is 38.5 Å². The Balaban J connectivity index is 2.24. The topological polar surface area (TPSA) is 76.7 Å². The molecule has 0 aliphatic heterocycles. The Hall–Kier alpha value is -2.04. The summed E-state index contributed by atoms with van der Waals surface area (Å²) in [7, 11) is 0. The molecule has 1 amide bonds. The first-order chi connectivity index (χ1) is 10.1. The Morgan fingerprint density at radius 1 is 1.19 bits per heavy atom. The average molecular weight is 302 g/mol. The van der Waals surface area contributed by atoms with Crippen LogP contribution >= 0.6 is 11.6 Å². The third kappa shape index (κ3) is 3.35. The maximum Gasteiger partial charge on any atom is 0.244 e. The molecule has 4 nitrogen and oxygen atoms in total. The lowest BCUT2D eigenvalue weighted by atomic mass is 9.81. The summed E-state index contributed by atoms with van der Waals surface area (Å²) in [6, 6.07) is 8.90. The normalized spacial score (nSPS) is 17.1. The van der Waals surface area contributed by atoms with Crippen LogP contribution in [0, 0.1) is 28.1 Å². The highest BCUT2D eigenvalue weighted by Gasteiger charge is 2.39. The smallest absolute Gasteiger partial charge is 0.244 e. The van der Waals surface area contributed by atoms with Crippen LogP contribution < -0.4 is 5.32 Å². The van der Waals surface area contributed by atoms with Crippen molar-refractivity contribution >= 4 is 23.2 Å². The third-order valence-electron chi connectivity index (χ3n) is 3.95. The average Bonchev–Trinajstić information content (AvgIpc) is 2.76. The molecule has 0 atom stereocenters. The van der Waals surface area contributed by atoms with Gasteiger partial charge in [-0.15, -0.1) is 0 Å². The number of nitrogens with one attached hydrogen (secondary N) is 1. The molecule has 1 aromatic carbocycles. The van der Waals surface area contributed by atoms with Gasteiger partial charge in [0.25, 0.3) is 0 Å². The van der Waals surface area contributed by atoms with Crippen molar-refractivity contribution in [2.24, 2.45) is 5.41 Å². The minimum atomic E-state index is -0.984. The first-order valence-corrected chi connectivity index (χ1v) is 7.41. The Kier molecular flexibility index (Phi) is 4.83. The third-order valence-corrected chi connectivity index (χ3v) is 4.28. The number of nitrogens with zero attached hydrogens (tertiary/aromatic N) is 2. The summed E-state index contributed by atoms with van der Waals surface area (Å²) in [5, 5.41) is 21.5. The standard InChI is InChI=1S/C16H16ClN3O/c17-13-6-5-12(10-18)9-14(13)20-15(21)16(11-19)7-3-1-2-4-8-16/h5-6,9H,1-4,7-8H2,(H,20,21). The van der Waals surface area contributed by atoms with Crippen LogP contribution in [-0.2, 0) is 4.79 Å². The Morgan fingerprint density at radius 2 is 1.86 bits per heavy atom. The first kappa shape index (κ1) is 15.4. The van der Waals surface area contributed by atoms with Crippen LogP contribution in [0.5, 0.6) is 0 Å². The van der Waals surface area contributed by atoms with E-state index in [1.54, 1.807) is 12.1 Å². The maximum atomic E-state index is 12.5. The molecule has 5 heteroatoms. The summed E-state index contributed by atoms with van der Waals surface area (Å²) in [5.41, 5.74) is -0.177. The molecule has 0 radical (unpaired) electrons. The monoisotopic (exact) mass is 301 g/mol. The Morgan fingerprint density at radius 3 is 2.43 bits per heavy atom. The second-order valence-electron chi connectivity index (χ2n) is 5.37. The Bertz CT molecular complexity index is 619. The van der Waals surface area contributed by atoms with Gasteiger partial charge >= 0.3 is 0 Å². The van der Waals surface area contributed by atoms with Gasteiger partial charge in [-0.25, -0.2) is 0 Å². The predicted octanol–water partition coefficient (Wildman–Crippen LogP) is 4.01. The summed E-state index contributed by atoms with van der Waals surface area (Å²) in [4.78, 5) is 12.5. The van der Waals surface area contributed by atoms with E-state index in [-0.39, 0.29) is 5.91 Å². The van der Waals surface area contributed by atoms with Crippen LogP contribution in [-0.4, -0.2) is 5.91 Å². The van der Waals surface area contributed by atoms with Gasteiger partial charge in [0, 0.05) is 0 Å². The van der Waals surface area contributed by atoms with Crippen LogP contribution in [0.15, 0.2) is 18.2 Å². The molecule has 1 aliphatic rings. The molecule has 108 valence electrons. The summed E-state index contributed by atoms with van der Waals surface area (Å²) in [5.74, 6) is -0.316. The first-order valence-electron chi connectivity index (χ1n) is 7.04. The fraction of sp³-hybridized carbons (Fsp3) is 0.438. The van der Waals surface area contributed by atoms with Crippen molar-refractivity contribution in [3.63, 3.8) is 0 Å². The van der Waals surface area contributed by atoms with Gasteiger partial charge in [0.15, 0.2) is 0 Å². The van der Waals surface area contributed by atoms with E-state index in [0.717, 1.165) is 25.7 Å². The van der Waals surface area contributed by atoms with Gasteiger partial charge in [-0.3, -0.25) is 4.79 Å². The molecule has 0 bridgehead atoms. The number of hydrogen-bond acceptors (Lipinski definition) is 3. The van der Waals surface area contributed by atoms with Crippen molar-refractivity contribution in [3.8, 4) is 12.1 Å². The summed E-state index contributed by atoms with van der Waals surface area (Å²) < 4.78 is 0. The maximum absolute atomic E-state index is 12.5. The molecule has 2 rings (SSSR count). The molecule has 21 heavy (non-hydrogen) atoms. The summed E-state index contributed by atoms with van der Waals surface area (Å²) in [6.45, 7) is 0. The highest BCUT2D eigenvalue weighted by Crippen LogP contribution is 2.36. The van der Waals surface area contributed by atoms with E-state index in [2.05, 4.69) is 11.4 Å². The van der Waals surface area contributed by atoms with E-state index in [1.807, 2.05) is 6.07 Å². The fourth-order valence-corrected chi connectivity index (χ4v) is 2.82. The van der Waals surface area contributed by atoms with Crippen molar-refractivity contribution in [3.05, 3.63) is 28.8 Å². The predicted molar refractivity (Wildman–Crippen MR) is 80.5 cm³/mol. The number of amides is 1. The van der Waals surface area contributed by atoms with Crippen LogP contribution in [0.3, 0.4) is 0 Å². The minimum Gasteiger partial charge on any atom is -0.323 e. The van der Waals surface area contributed by atoms with Gasteiger partial charge in [0.05, 0.1) is 28.4 Å². The number of nitriles is 2. The van der Waals surface area contributed by atoms with Crippen molar-refractivity contribution < 1.29 is 4.79 Å².